The maximum Gasteiger partial charge on any atom is 0.323 e. The lowest BCUT2D eigenvalue weighted by molar-refractivity contribution is -0.138. The molecule has 0 saturated carbocycles. The lowest BCUT2D eigenvalue weighted by Crippen LogP contribution is -2.46. The van der Waals surface area contributed by atoms with Crippen molar-refractivity contribution in [1.82, 2.24) is 15.2 Å². The summed E-state index contributed by atoms with van der Waals surface area (Å²) in [5.74, 6) is -1.02. The Bertz CT molecular complexity index is 431. The summed E-state index contributed by atoms with van der Waals surface area (Å²) in [6.07, 6.45) is 0. The summed E-state index contributed by atoms with van der Waals surface area (Å²) in [6, 6.07) is -0.538. The summed E-state index contributed by atoms with van der Waals surface area (Å²) < 4.78 is 0. The summed E-state index contributed by atoms with van der Waals surface area (Å²) in [6.45, 7) is 5.50. The molecular formula is C11H17N3O3S. The molecule has 6 nitrogen and oxygen atoms in total. The zero-order chi connectivity index (χ0) is 13.7. The molecule has 18 heavy (non-hydrogen) atoms. The van der Waals surface area contributed by atoms with E-state index < -0.39 is 5.97 Å². The van der Waals surface area contributed by atoms with Crippen LogP contribution in [0.2, 0.25) is 0 Å². The molecule has 100 valence electrons. The van der Waals surface area contributed by atoms with Crippen molar-refractivity contribution in [2.45, 2.75) is 33.4 Å². The van der Waals surface area contributed by atoms with Crippen molar-refractivity contribution in [3.8, 4) is 0 Å². The molecule has 7 heteroatoms. The predicted octanol–water partition coefficient (Wildman–Crippen LogP) is 1.46. The first kappa shape index (κ1) is 14.4. The van der Waals surface area contributed by atoms with Gasteiger partial charge in [0.1, 0.15) is 6.54 Å². The van der Waals surface area contributed by atoms with E-state index in [1.54, 1.807) is 19.4 Å². The van der Waals surface area contributed by atoms with E-state index in [9.17, 15) is 9.59 Å². The summed E-state index contributed by atoms with van der Waals surface area (Å²) in [5, 5.41) is 11.5. The van der Waals surface area contributed by atoms with E-state index >= 15 is 0 Å². The lowest BCUT2D eigenvalue weighted by Gasteiger charge is -2.24. The normalized spacial score (nSPS) is 10.4. The quantitative estimate of drug-likeness (QED) is 0.849. The van der Waals surface area contributed by atoms with Gasteiger partial charge in [0, 0.05) is 10.9 Å². The SMILES string of the molecule is Cc1ncsc1CNC(=O)N(CC(=O)O)C(C)C. The second kappa shape index (κ2) is 6.34. The maximum atomic E-state index is 11.9. The van der Waals surface area contributed by atoms with Crippen LogP contribution >= 0.6 is 11.3 Å². The van der Waals surface area contributed by atoms with Gasteiger partial charge in [0.2, 0.25) is 0 Å². The standard InChI is InChI=1S/C11H17N3O3S/c1-7(2)14(5-10(15)16)11(17)12-4-9-8(3)13-6-18-9/h6-7H,4-5H2,1-3H3,(H,12,17)(H,15,16). The fourth-order valence-corrected chi connectivity index (χ4v) is 2.10. The van der Waals surface area contributed by atoms with Crippen LogP contribution in [-0.4, -0.2) is 39.6 Å². The molecule has 0 atom stereocenters. The van der Waals surface area contributed by atoms with Crippen molar-refractivity contribution in [2.75, 3.05) is 6.54 Å². The number of aryl methyl sites for hydroxylation is 1. The Labute approximate surface area is 110 Å². The van der Waals surface area contributed by atoms with Crippen LogP contribution in [0.4, 0.5) is 4.79 Å². The van der Waals surface area contributed by atoms with Gasteiger partial charge < -0.3 is 15.3 Å². The highest BCUT2D eigenvalue weighted by molar-refractivity contribution is 7.09. The molecule has 1 rings (SSSR count). The molecule has 1 aromatic rings. The number of thiazole rings is 1. The van der Waals surface area contributed by atoms with Gasteiger partial charge >= 0.3 is 12.0 Å². The van der Waals surface area contributed by atoms with Crippen LogP contribution in [0.15, 0.2) is 5.51 Å². The van der Waals surface area contributed by atoms with Crippen molar-refractivity contribution in [1.29, 1.82) is 0 Å². The molecule has 1 heterocycles. The van der Waals surface area contributed by atoms with E-state index in [0.717, 1.165) is 10.6 Å². The van der Waals surface area contributed by atoms with Gasteiger partial charge in [0.25, 0.3) is 0 Å². The fraction of sp³-hybridized carbons (Fsp3) is 0.545. The molecule has 0 saturated heterocycles. The number of hydrogen-bond acceptors (Lipinski definition) is 4. The number of carbonyl (C=O) groups is 2. The van der Waals surface area contributed by atoms with Crippen molar-refractivity contribution >= 4 is 23.3 Å². The molecule has 2 N–H and O–H groups in total. The molecule has 0 fully saturated rings. The first-order chi connectivity index (χ1) is 8.41. The van der Waals surface area contributed by atoms with E-state index in [1.807, 2.05) is 6.92 Å². The Morgan fingerprint density at radius 1 is 1.56 bits per heavy atom. The maximum absolute atomic E-state index is 11.9. The molecule has 0 aromatic carbocycles. The van der Waals surface area contributed by atoms with Crippen LogP contribution in [0, 0.1) is 6.92 Å². The fourth-order valence-electron chi connectivity index (χ4n) is 1.39. The molecule has 0 unspecified atom stereocenters. The van der Waals surface area contributed by atoms with Gasteiger partial charge in [0.15, 0.2) is 0 Å². The number of aliphatic carboxylic acids is 1. The number of nitrogens with zero attached hydrogens (tertiary/aromatic N) is 2. The largest absolute Gasteiger partial charge is 0.480 e. The summed E-state index contributed by atoms with van der Waals surface area (Å²) in [5.41, 5.74) is 2.60. The van der Waals surface area contributed by atoms with Gasteiger partial charge in [-0.1, -0.05) is 0 Å². The molecule has 1 aromatic heterocycles. The van der Waals surface area contributed by atoms with E-state index in [1.165, 1.54) is 16.2 Å². The number of carbonyl (C=O) groups excluding carboxylic acids is 1. The van der Waals surface area contributed by atoms with Crippen molar-refractivity contribution in [3.63, 3.8) is 0 Å². The number of amides is 2. The number of hydrogen-bond donors (Lipinski definition) is 2. The van der Waals surface area contributed by atoms with Crippen LogP contribution in [0.5, 0.6) is 0 Å². The first-order valence-corrected chi connectivity index (χ1v) is 6.45. The van der Waals surface area contributed by atoms with Gasteiger partial charge in [-0.2, -0.15) is 0 Å². The average molecular weight is 271 g/mol. The minimum Gasteiger partial charge on any atom is -0.480 e. The third-order valence-electron chi connectivity index (χ3n) is 2.43. The summed E-state index contributed by atoms with van der Waals surface area (Å²) in [4.78, 5) is 28.9. The Hall–Kier alpha value is -1.63. The molecule has 0 radical (unpaired) electrons. The summed E-state index contributed by atoms with van der Waals surface area (Å²) in [7, 11) is 0. The lowest BCUT2D eigenvalue weighted by atomic mass is 10.3. The van der Waals surface area contributed by atoms with Crippen LogP contribution < -0.4 is 5.32 Å². The predicted molar refractivity (Wildman–Crippen MR) is 68.6 cm³/mol. The van der Waals surface area contributed by atoms with Gasteiger partial charge in [-0.05, 0) is 20.8 Å². The molecule has 0 aliphatic carbocycles. The zero-order valence-electron chi connectivity index (χ0n) is 10.6. The highest BCUT2D eigenvalue weighted by atomic mass is 32.1. The third-order valence-corrected chi connectivity index (χ3v) is 3.37. The number of carboxylic acids is 1. The highest BCUT2D eigenvalue weighted by Crippen LogP contribution is 2.11. The minimum absolute atomic E-state index is 0.163. The van der Waals surface area contributed by atoms with E-state index in [2.05, 4.69) is 10.3 Å². The minimum atomic E-state index is -1.02. The van der Waals surface area contributed by atoms with Crippen molar-refractivity contribution in [3.05, 3.63) is 16.1 Å². The van der Waals surface area contributed by atoms with E-state index in [4.69, 9.17) is 5.11 Å². The second-order valence-electron chi connectivity index (χ2n) is 4.14. The summed E-state index contributed by atoms with van der Waals surface area (Å²) >= 11 is 1.46. The Morgan fingerprint density at radius 2 is 2.22 bits per heavy atom. The van der Waals surface area contributed by atoms with E-state index in [-0.39, 0.29) is 18.6 Å². The number of nitrogens with one attached hydrogen (secondary N) is 1. The van der Waals surface area contributed by atoms with E-state index in [0.29, 0.717) is 6.54 Å². The first-order valence-electron chi connectivity index (χ1n) is 5.57. The molecule has 0 aliphatic heterocycles. The molecule has 2 amide bonds. The molecule has 0 bridgehead atoms. The number of urea groups is 1. The van der Waals surface area contributed by atoms with Gasteiger partial charge in [-0.25, -0.2) is 9.78 Å². The number of rotatable bonds is 5. The van der Waals surface area contributed by atoms with Crippen molar-refractivity contribution in [2.24, 2.45) is 0 Å². The van der Waals surface area contributed by atoms with Crippen molar-refractivity contribution < 1.29 is 14.7 Å². The Morgan fingerprint density at radius 3 is 2.67 bits per heavy atom. The van der Waals surface area contributed by atoms with Crippen LogP contribution in [0.3, 0.4) is 0 Å². The van der Waals surface area contributed by atoms with Crippen LogP contribution in [0.1, 0.15) is 24.4 Å². The molecule has 0 spiro atoms. The topological polar surface area (TPSA) is 82.5 Å². The van der Waals surface area contributed by atoms with Gasteiger partial charge in [0.05, 0.1) is 17.7 Å². The zero-order valence-corrected chi connectivity index (χ0v) is 11.5. The Kier molecular flexibility index (Phi) is 5.08. The van der Waals surface area contributed by atoms with Gasteiger partial charge in [-0.15, -0.1) is 11.3 Å². The Balaban J connectivity index is 2.57. The molecular weight excluding hydrogens is 254 g/mol. The highest BCUT2D eigenvalue weighted by Gasteiger charge is 2.19. The number of aromatic nitrogens is 1. The smallest absolute Gasteiger partial charge is 0.323 e. The van der Waals surface area contributed by atoms with Crippen LogP contribution in [0.25, 0.3) is 0 Å². The van der Waals surface area contributed by atoms with Gasteiger partial charge in [-0.3, -0.25) is 4.79 Å². The monoisotopic (exact) mass is 271 g/mol. The third kappa shape index (κ3) is 3.99. The average Bonchev–Trinajstić information content (AvgIpc) is 2.68. The second-order valence-corrected chi connectivity index (χ2v) is 5.07. The van der Waals surface area contributed by atoms with Crippen LogP contribution in [-0.2, 0) is 11.3 Å². The molecule has 0 aliphatic rings. The number of carboxylic acid groups (broad SMARTS) is 1.